The highest BCUT2D eigenvalue weighted by atomic mass is 31.2. The normalized spacial score (nSPS) is 11.9. The summed E-state index contributed by atoms with van der Waals surface area (Å²) in [4.78, 5) is 27.7. The molecule has 0 amide bonds. The Morgan fingerprint density at radius 1 is 1.33 bits per heavy atom. The van der Waals surface area contributed by atoms with Crippen LogP contribution < -0.4 is 0 Å². The van der Waals surface area contributed by atoms with Gasteiger partial charge in [0.2, 0.25) is 0 Å². The summed E-state index contributed by atoms with van der Waals surface area (Å²) in [6.45, 7) is 2.37. The van der Waals surface area contributed by atoms with Crippen LogP contribution >= 0.6 is 7.60 Å². The summed E-state index contributed by atoms with van der Waals surface area (Å²) in [7, 11) is -4.25. The molecule has 0 heterocycles. The van der Waals surface area contributed by atoms with Crippen molar-refractivity contribution in [1.82, 2.24) is 0 Å². The predicted octanol–water partition coefficient (Wildman–Crippen LogP) is 1.80. The Bertz CT molecular complexity index is 255. The number of esters is 1. The van der Waals surface area contributed by atoms with Gasteiger partial charge >= 0.3 is 13.6 Å². The summed E-state index contributed by atoms with van der Waals surface area (Å²) >= 11 is 0. The lowest BCUT2D eigenvalue weighted by atomic mass is 10.2. The van der Waals surface area contributed by atoms with Gasteiger partial charge in [-0.15, -0.1) is 0 Å². The van der Waals surface area contributed by atoms with E-state index in [0.29, 0.717) is 12.4 Å². The summed E-state index contributed by atoms with van der Waals surface area (Å²) in [6, 6.07) is 0. The quantitative estimate of drug-likeness (QED) is 0.305. The zero-order chi connectivity index (χ0) is 11.7. The van der Waals surface area contributed by atoms with Crippen molar-refractivity contribution in [1.29, 1.82) is 0 Å². The molecule has 0 atom stereocenters. The van der Waals surface area contributed by atoms with E-state index in [1.165, 1.54) is 0 Å². The molecule has 0 spiro atoms. The van der Waals surface area contributed by atoms with Crippen molar-refractivity contribution in [2.45, 2.75) is 32.6 Å². The fourth-order valence-corrected chi connectivity index (χ4v) is 1.22. The average Bonchev–Trinajstić information content (AvgIpc) is 2.13. The van der Waals surface area contributed by atoms with Crippen LogP contribution in [0.15, 0.2) is 11.9 Å². The highest BCUT2D eigenvalue weighted by Gasteiger charge is 2.07. The second-order valence-corrected chi connectivity index (χ2v) is 4.61. The summed E-state index contributed by atoms with van der Waals surface area (Å²) in [5, 5.41) is 0. The van der Waals surface area contributed by atoms with Crippen molar-refractivity contribution >= 4 is 13.6 Å². The number of unbranched alkanes of at least 4 members (excludes halogenated alkanes) is 3. The fourth-order valence-electron chi connectivity index (χ4n) is 0.908. The lowest BCUT2D eigenvalue weighted by Crippen LogP contribution is -2.02. The van der Waals surface area contributed by atoms with Crippen molar-refractivity contribution < 1.29 is 23.9 Å². The fraction of sp³-hybridized carbons (Fsp3) is 0.667. The number of hydrogen-bond acceptors (Lipinski definition) is 3. The van der Waals surface area contributed by atoms with Crippen LogP contribution in [0.1, 0.15) is 32.6 Å². The maximum Gasteiger partial charge on any atom is 0.349 e. The standard InChI is InChI=1S/C9H17O5P/c1-2-3-4-5-7-14-9(10)6-8-15(11,12)13/h6,8H,2-5,7H2,1H3,(H2,11,12,13). The minimum Gasteiger partial charge on any atom is -0.463 e. The first-order valence-corrected chi connectivity index (χ1v) is 6.55. The van der Waals surface area contributed by atoms with E-state index >= 15 is 0 Å². The highest BCUT2D eigenvalue weighted by Crippen LogP contribution is 2.35. The third-order valence-corrected chi connectivity index (χ3v) is 2.18. The van der Waals surface area contributed by atoms with Gasteiger partial charge < -0.3 is 14.5 Å². The molecule has 0 aromatic heterocycles. The Morgan fingerprint density at radius 2 is 2.00 bits per heavy atom. The van der Waals surface area contributed by atoms with Gasteiger partial charge in [0.1, 0.15) is 0 Å². The lowest BCUT2D eigenvalue weighted by Gasteiger charge is -2.01. The topological polar surface area (TPSA) is 83.8 Å². The molecule has 6 heteroatoms. The van der Waals surface area contributed by atoms with E-state index in [-0.39, 0.29) is 0 Å². The Balaban J connectivity index is 3.58. The van der Waals surface area contributed by atoms with E-state index in [1.807, 2.05) is 0 Å². The van der Waals surface area contributed by atoms with Crippen molar-refractivity contribution in [2.24, 2.45) is 0 Å². The number of carbonyl (C=O) groups excluding carboxylic acids is 1. The average molecular weight is 236 g/mol. The molecule has 0 unspecified atom stereocenters. The van der Waals surface area contributed by atoms with Crippen LogP contribution in [0, 0.1) is 0 Å². The molecular weight excluding hydrogens is 219 g/mol. The van der Waals surface area contributed by atoms with Crippen molar-refractivity contribution in [3.8, 4) is 0 Å². The molecular formula is C9H17O5P. The predicted molar refractivity (Wildman–Crippen MR) is 56.3 cm³/mol. The van der Waals surface area contributed by atoms with Crippen LogP contribution in [-0.4, -0.2) is 22.4 Å². The Kier molecular flexibility index (Phi) is 7.30. The highest BCUT2D eigenvalue weighted by molar-refractivity contribution is 7.55. The van der Waals surface area contributed by atoms with E-state index < -0.39 is 13.6 Å². The molecule has 0 radical (unpaired) electrons. The third-order valence-electron chi connectivity index (χ3n) is 1.65. The largest absolute Gasteiger partial charge is 0.463 e. The molecule has 0 aromatic rings. The smallest absolute Gasteiger partial charge is 0.349 e. The Labute approximate surface area is 89.3 Å². The molecule has 0 aliphatic heterocycles. The second-order valence-electron chi connectivity index (χ2n) is 3.13. The van der Waals surface area contributed by atoms with Crippen LogP contribution in [0.2, 0.25) is 0 Å². The van der Waals surface area contributed by atoms with E-state index in [2.05, 4.69) is 6.92 Å². The molecule has 0 aliphatic rings. The van der Waals surface area contributed by atoms with Crippen molar-refractivity contribution in [3.05, 3.63) is 11.9 Å². The van der Waals surface area contributed by atoms with Crippen LogP contribution in [-0.2, 0) is 14.1 Å². The first kappa shape index (κ1) is 14.4. The number of carbonyl (C=O) groups is 1. The van der Waals surface area contributed by atoms with Crippen LogP contribution in [0.5, 0.6) is 0 Å². The van der Waals surface area contributed by atoms with Crippen molar-refractivity contribution in [3.63, 3.8) is 0 Å². The van der Waals surface area contributed by atoms with Gasteiger partial charge in [0.05, 0.1) is 6.61 Å². The molecule has 0 aliphatic carbocycles. The van der Waals surface area contributed by atoms with Gasteiger partial charge in [-0.05, 0) is 6.42 Å². The van der Waals surface area contributed by atoms with E-state index in [4.69, 9.17) is 14.5 Å². The molecule has 0 saturated heterocycles. The molecule has 0 bridgehead atoms. The van der Waals surface area contributed by atoms with Crippen LogP contribution in [0.3, 0.4) is 0 Å². The van der Waals surface area contributed by atoms with Crippen LogP contribution in [0.25, 0.3) is 0 Å². The Morgan fingerprint density at radius 3 is 2.53 bits per heavy atom. The molecule has 15 heavy (non-hydrogen) atoms. The van der Waals surface area contributed by atoms with Gasteiger partial charge in [0, 0.05) is 11.9 Å². The summed E-state index contributed by atoms with van der Waals surface area (Å²) in [6.07, 6.45) is 4.73. The molecule has 0 rings (SSSR count). The Hall–Kier alpha value is -0.640. The van der Waals surface area contributed by atoms with Gasteiger partial charge in [-0.25, -0.2) is 4.79 Å². The van der Waals surface area contributed by atoms with E-state index in [1.54, 1.807) is 0 Å². The molecule has 5 nitrogen and oxygen atoms in total. The summed E-state index contributed by atoms with van der Waals surface area (Å²) in [5.41, 5.74) is 0. The molecule has 0 saturated carbocycles. The zero-order valence-electron chi connectivity index (χ0n) is 8.76. The first-order chi connectivity index (χ1) is 6.95. The first-order valence-electron chi connectivity index (χ1n) is 4.87. The third kappa shape index (κ3) is 11.3. The van der Waals surface area contributed by atoms with E-state index in [0.717, 1.165) is 31.8 Å². The van der Waals surface area contributed by atoms with Gasteiger partial charge in [-0.3, -0.25) is 4.57 Å². The lowest BCUT2D eigenvalue weighted by molar-refractivity contribution is -0.137. The van der Waals surface area contributed by atoms with E-state index in [9.17, 15) is 9.36 Å². The van der Waals surface area contributed by atoms with Gasteiger partial charge in [0.25, 0.3) is 0 Å². The number of hydrogen-bond donors (Lipinski definition) is 2. The van der Waals surface area contributed by atoms with Gasteiger partial charge in [0.15, 0.2) is 0 Å². The number of ether oxygens (including phenoxy) is 1. The van der Waals surface area contributed by atoms with Gasteiger partial charge in [-0.2, -0.15) is 0 Å². The maximum atomic E-state index is 10.9. The van der Waals surface area contributed by atoms with Crippen LogP contribution in [0.4, 0.5) is 0 Å². The second kappa shape index (κ2) is 7.63. The summed E-state index contributed by atoms with van der Waals surface area (Å²) < 4.78 is 15.1. The number of rotatable bonds is 7. The maximum absolute atomic E-state index is 10.9. The molecule has 2 N–H and O–H groups in total. The monoisotopic (exact) mass is 236 g/mol. The minimum atomic E-state index is -4.25. The molecule has 0 fully saturated rings. The SMILES string of the molecule is CCCCCCOC(=O)C=CP(=O)(O)O. The molecule has 88 valence electrons. The minimum absolute atomic E-state index is 0.296. The van der Waals surface area contributed by atoms with Crippen molar-refractivity contribution in [2.75, 3.05) is 6.61 Å². The summed E-state index contributed by atoms with van der Waals surface area (Å²) in [5.74, 6) is -0.170. The molecule has 0 aromatic carbocycles. The zero-order valence-corrected chi connectivity index (χ0v) is 9.65. The van der Waals surface area contributed by atoms with Gasteiger partial charge in [-0.1, -0.05) is 26.2 Å².